The Morgan fingerprint density at radius 2 is 1.78 bits per heavy atom. The Labute approximate surface area is 107 Å². The summed E-state index contributed by atoms with van der Waals surface area (Å²) in [6, 6.07) is -0.0242. The molecule has 0 spiro atoms. The molecular weight excluding hydrogens is 232 g/mol. The summed E-state index contributed by atoms with van der Waals surface area (Å²) < 4.78 is 0. The van der Waals surface area contributed by atoms with Crippen LogP contribution < -0.4 is 11.1 Å². The fraction of sp³-hybridized carbons (Fsp3) is 0.846. The lowest BCUT2D eigenvalue weighted by Gasteiger charge is -2.19. The number of carboxylic acids is 1. The molecule has 4 atom stereocenters. The summed E-state index contributed by atoms with van der Waals surface area (Å²) in [7, 11) is 0. The fourth-order valence-corrected chi connectivity index (χ4v) is 3.28. The van der Waals surface area contributed by atoms with Crippen molar-refractivity contribution in [2.24, 2.45) is 23.5 Å². The first-order valence-corrected chi connectivity index (χ1v) is 6.85. The molecule has 5 heteroatoms. The quantitative estimate of drug-likeness (QED) is 0.689. The predicted octanol–water partition coefficient (Wildman–Crippen LogP) is 0.731. The highest BCUT2D eigenvalue weighted by molar-refractivity contribution is 5.79. The number of rotatable bonds is 4. The van der Waals surface area contributed by atoms with Crippen molar-refractivity contribution in [3.63, 3.8) is 0 Å². The van der Waals surface area contributed by atoms with E-state index in [-0.39, 0.29) is 29.7 Å². The van der Waals surface area contributed by atoms with Crippen LogP contribution in [0.5, 0.6) is 0 Å². The second-order valence-corrected chi connectivity index (χ2v) is 5.58. The minimum absolute atomic E-state index is 0.0102. The standard InChI is InChI=1S/C13H22N2O3/c14-11-6-2-5-10(11)12(16)15-7-8-3-1-4-9(8)13(17)18/h8-11H,1-7,14H2,(H,15,16)(H,17,18). The van der Waals surface area contributed by atoms with Gasteiger partial charge in [-0.25, -0.2) is 0 Å². The van der Waals surface area contributed by atoms with Crippen molar-refractivity contribution < 1.29 is 14.7 Å². The molecule has 2 aliphatic carbocycles. The number of carbonyl (C=O) groups excluding carboxylic acids is 1. The SMILES string of the molecule is NC1CCCC1C(=O)NCC1CCCC1C(=O)O. The van der Waals surface area contributed by atoms with Crippen LogP contribution in [0.4, 0.5) is 0 Å². The van der Waals surface area contributed by atoms with E-state index < -0.39 is 5.97 Å². The number of amides is 1. The second kappa shape index (κ2) is 5.69. The van der Waals surface area contributed by atoms with Gasteiger partial charge in [0, 0.05) is 12.6 Å². The van der Waals surface area contributed by atoms with Crippen LogP contribution in [0.3, 0.4) is 0 Å². The number of carboxylic acid groups (broad SMARTS) is 1. The highest BCUT2D eigenvalue weighted by Crippen LogP contribution is 2.31. The molecule has 4 unspecified atom stereocenters. The maximum Gasteiger partial charge on any atom is 0.306 e. The summed E-state index contributed by atoms with van der Waals surface area (Å²) in [5.41, 5.74) is 5.88. The number of hydrogen-bond acceptors (Lipinski definition) is 3. The van der Waals surface area contributed by atoms with Crippen LogP contribution in [-0.2, 0) is 9.59 Å². The monoisotopic (exact) mass is 254 g/mol. The number of aliphatic carboxylic acids is 1. The summed E-state index contributed by atoms with van der Waals surface area (Å²) in [6.45, 7) is 0.485. The van der Waals surface area contributed by atoms with Gasteiger partial charge in [0.1, 0.15) is 0 Å². The molecule has 2 fully saturated rings. The van der Waals surface area contributed by atoms with Crippen LogP contribution >= 0.6 is 0 Å². The normalized spacial score (nSPS) is 35.6. The number of nitrogens with two attached hydrogens (primary N) is 1. The third-order valence-electron chi connectivity index (χ3n) is 4.42. The molecule has 0 aromatic rings. The van der Waals surface area contributed by atoms with Crippen LogP contribution in [0.2, 0.25) is 0 Å². The first kappa shape index (κ1) is 13.3. The maximum atomic E-state index is 12.0. The molecule has 102 valence electrons. The summed E-state index contributed by atoms with van der Waals surface area (Å²) in [5.74, 6) is -0.998. The average Bonchev–Trinajstić information content (AvgIpc) is 2.94. The van der Waals surface area contributed by atoms with Crippen molar-refractivity contribution >= 4 is 11.9 Å². The zero-order valence-corrected chi connectivity index (χ0v) is 10.6. The topological polar surface area (TPSA) is 92.4 Å². The molecule has 1 amide bonds. The highest BCUT2D eigenvalue weighted by Gasteiger charge is 2.34. The van der Waals surface area contributed by atoms with E-state index in [9.17, 15) is 9.59 Å². The third-order valence-corrected chi connectivity index (χ3v) is 4.42. The zero-order chi connectivity index (χ0) is 13.1. The van der Waals surface area contributed by atoms with E-state index in [0.717, 1.165) is 38.5 Å². The van der Waals surface area contributed by atoms with Crippen molar-refractivity contribution in [3.05, 3.63) is 0 Å². The van der Waals surface area contributed by atoms with E-state index in [4.69, 9.17) is 10.8 Å². The molecule has 2 saturated carbocycles. The van der Waals surface area contributed by atoms with Gasteiger partial charge in [0.05, 0.1) is 11.8 Å². The molecule has 0 heterocycles. The molecule has 0 radical (unpaired) electrons. The second-order valence-electron chi connectivity index (χ2n) is 5.58. The summed E-state index contributed by atoms with van der Waals surface area (Å²) in [5, 5.41) is 12.0. The van der Waals surface area contributed by atoms with Gasteiger partial charge in [0.15, 0.2) is 0 Å². The van der Waals surface area contributed by atoms with E-state index in [1.54, 1.807) is 0 Å². The van der Waals surface area contributed by atoms with Gasteiger partial charge in [-0.2, -0.15) is 0 Å². The van der Waals surface area contributed by atoms with Crippen molar-refractivity contribution in [1.29, 1.82) is 0 Å². The van der Waals surface area contributed by atoms with E-state index >= 15 is 0 Å². The molecular formula is C13H22N2O3. The zero-order valence-electron chi connectivity index (χ0n) is 10.6. The Morgan fingerprint density at radius 1 is 1.11 bits per heavy atom. The van der Waals surface area contributed by atoms with E-state index in [1.165, 1.54) is 0 Å². The molecule has 0 aromatic carbocycles. The molecule has 0 aromatic heterocycles. The Bertz CT molecular complexity index is 332. The fourth-order valence-electron chi connectivity index (χ4n) is 3.28. The van der Waals surface area contributed by atoms with Crippen molar-refractivity contribution in [2.75, 3.05) is 6.54 Å². The molecule has 2 aliphatic rings. The van der Waals surface area contributed by atoms with Gasteiger partial charge in [-0.15, -0.1) is 0 Å². The lowest BCUT2D eigenvalue weighted by molar-refractivity contribution is -0.143. The van der Waals surface area contributed by atoms with E-state index in [1.807, 2.05) is 0 Å². The average molecular weight is 254 g/mol. The molecule has 0 bridgehead atoms. The van der Waals surface area contributed by atoms with Crippen LogP contribution in [0.15, 0.2) is 0 Å². The van der Waals surface area contributed by atoms with Gasteiger partial charge < -0.3 is 16.2 Å². The van der Waals surface area contributed by atoms with Gasteiger partial charge in [-0.1, -0.05) is 12.8 Å². The van der Waals surface area contributed by atoms with Crippen molar-refractivity contribution in [3.8, 4) is 0 Å². The van der Waals surface area contributed by atoms with Gasteiger partial charge in [-0.3, -0.25) is 9.59 Å². The summed E-state index contributed by atoms with van der Waals surface area (Å²) in [6.07, 6.45) is 5.37. The Morgan fingerprint density at radius 3 is 2.39 bits per heavy atom. The molecule has 2 rings (SSSR count). The largest absolute Gasteiger partial charge is 0.481 e. The lowest BCUT2D eigenvalue weighted by atomic mass is 9.95. The number of carbonyl (C=O) groups is 2. The molecule has 5 nitrogen and oxygen atoms in total. The lowest BCUT2D eigenvalue weighted by Crippen LogP contribution is -2.41. The molecule has 0 aliphatic heterocycles. The smallest absolute Gasteiger partial charge is 0.306 e. The first-order valence-electron chi connectivity index (χ1n) is 6.85. The Balaban J connectivity index is 1.80. The summed E-state index contributed by atoms with van der Waals surface area (Å²) in [4.78, 5) is 23.0. The van der Waals surface area contributed by atoms with Crippen LogP contribution in [0.1, 0.15) is 38.5 Å². The predicted molar refractivity (Wildman–Crippen MR) is 66.8 cm³/mol. The number of hydrogen-bond donors (Lipinski definition) is 3. The molecule has 18 heavy (non-hydrogen) atoms. The van der Waals surface area contributed by atoms with E-state index in [0.29, 0.717) is 6.54 Å². The summed E-state index contributed by atoms with van der Waals surface area (Å²) >= 11 is 0. The van der Waals surface area contributed by atoms with E-state index in [2.05, 4.69) is 5.32 Å². The van der Waals surface area contributed by atoms with Crippen molar-refractivity contribution in [1.82, 2.24) is 5.32 Å². The van der Waals surface area contributed by atoms with Gasteiger partial charge >= 0.3 is 5.97 Å². The number of nitrogens with one attached hydrogen (secondary N) is 1. The maximum absolute atomic E-state index is 12.0. The molecule has 4 N–H and O–H groups in total. The van der Waals surface area contributed by atoms with Crippen LogP contribution in [-0.4, -0.2) is 29.6 Å². The molecule has 0 saturated heterocycles. The van der Waals surface area contributed by atoms with Gasteiger partial charge in [0.25, 0.3) is 0 Å². The first-order chi connectivity index (χ1) is 8.59. The minimum Gasteiger partial charge on any atom is -0.481 e. The van der Waals surface area contributed by atoms with Crippen molar-refractivity contribution in [2.45, 2.75) is 44.6 Å². The van der Waals surface area contributed by atoms with Crippen LogP contribution in [0.25, 0.3) is 0 Å². The Hall–Kier alpha value is -1.10. The highest BCUT2D eigenvalue weighted by atomic mass is 16.4. The minimum atomic E-state index is -0.732. The Kier molecular flexibility index (Phi) is 4.22. The van der Waals surface area contributed by atoms with Crippen LogP contribution in [0, 0.1) is 17.8 Å². The third kappa shape index (κ3) is 2.83. The van der Waals surface area contributed by atoms with Gasteiger partial charge in [-0.05, 0) is 31.6 Å². The van der Waals surface area contributed by atoms with Gasteiger partial charge in [0.2, 0.25) is 5.91 Å².